The third kappa shape index (κ3) is 5.75. The molecule has 6 nitrogen and oxygen atoms in total. The number of pyridine rings is 1. The molecule has 0 saturated heterocycles. The van der Waals surface area contributed by atoms with Crippen LogP contribution in [0.2, 0.25) is 0 Å². The molecule has 0 aromatic carbocycles. The molecule has 10 heteroatoms. The summed E-state index contributed by atoms with van der Waals surface area (Å²) in [5.74, 6) is -0.612. The van der Waals surface area contributed by atoms with Crippen molar-refractivity contribution in [3.63, 3.8) is 0 Å². The minimum absolute atomic E-state index is 0.0678. The molecular formula is C9H13F3N4O2S. The average Bonchev–Trinajstić information content (AvgIpc) is 2.21. The van der Waals surface area contributed by atoms with Gasteiger partial charge in [-0.3, -0.25) is 0 Å². The molecule has 0 radical (unpaired) electrons. The van der Waals surface area contributed by atoms with Gasteiger partial charge in [0.1, 0.15) is 11.6 Å². The molecule has 108 valence electrons. The Morgan fingerprint density at radius 1 is 1.32 bits per heavy atom. The van der Waals surface area contributed by atoms with Crippen molar-refractivity contribution in [3.05, 3.63) is 17.7 Å². The lowest BCUT2D eigenvalue weighted by atomic mass is 10.2. The number of nitrogens with zero attached hydrogens (tertiary/aromatic N) is 1. The number of rotatable bonds is 5. The van der Waals surface area contributed by atoms with Crippen molar-refractivity contribution in [1.29, 1.82) is 0 Å². The fraction of sp³-hybridized carbons (Fsp3) is 0.444. The second kappa shape index (κ2) is 5.61. The van der Waals surface area contributed by atoms with E-state index in [9.17, 15) is 21.6 Å². The summed E-state index contributed by atoms with van der Waals surface area (Å²) in [6.45, 7) is 0.115. The SMILES string of the molecule is Nc1cc(C(F)(F)F)cc(NCCCS(N)(=O)=O)n1. The fourth-order valence-electron chi connectivity index (χ4n) is 1.30. The predicted molar refractivity (Wildman–Crippen MR) is 64.7 cm³/mol. The number of aromatic nitrogens is 1. The van der Waals surface area contributed by atoms with Gasteiger partial charge in [0, 0.05) is 6.54 Å². The molecule has 0 bridgehead atoms. The van der Waals surface area contributed by atoms with Crippen molar-refractivity contribution in [1.82, 2.24) is 4.98 Å². The van der Waals surface area contributed by atoms with Gasteiger partial charge in [-0.1, -0.05) is 0 Å². The average molecular weight is 298 g/mol. The number of nitrogens with one attached hydrogen (secondary N) is 1. The van der Waals surface area contributed by atoms with Crippen LogP contribution in [0.1, 0.15) is 12.0 Å². The topological polar surface area (TPSA) is 111 Å². The van der Waals surface area contributed by atoms with Crippen molar-refractivity contribution in [3.8, 4) is 0 Å². The monoisotopic (exact) mass is 298 g/mol. The van der Waals surface area contributed by atoms with E-state index >= 15 is 0 Å². The lowest BCUT2D eigenvalue weighted by molar-refractivity contribution is -0.137. The van der Waals surface area contributed by atoms with E-state index in [0.29, 0.717) is 0 Å². The van der Waals surface area contributed by atoms with Crippen molar-refractivity contribution in [2.45, 2.75) is 12.6 Å². The van der Waals surface area contributed by atoms with Gasteiger partial charge in [-0.25, -0.2) is 18.5 Å². The molecule has 0 spiro atoms. The standard InChI is InChI=1S/C9H13F3N4O2S/c10-9(11,12)6-4-7(13)16-8(5-6)15-2-1-3-19(14,17)18/h4-5H,1-3H2,(H3,13,15,16)(H2,14,17,18). The largest absolute Gasteiger partial charge is 0.416 e. The third-order valence-electron chi connectivity index (χ3n) is 2.08. The van der Waals surface area contributed by atoms with Crippen LogP contribution in [0, 0.1) is 0 Å². The van der Waals surface area contributed by atoms with Gasteiger partial charge in [-0.05, 0) is 18.6 Å². The molecule has 1 rings (SSSR count). The predicted octanol–water partition coefficient (Wildman–Crippen LogP) is 0.773. The lowest BCUT2D eigenvalue weighted by Gasteiger charge is -2.11. The number of hydrogen-bond donors (Lipinski definition) is 3. The van der Waals surface area contributed by atoms with Crippen molar-refractivity contribution < 1.29 is 21.6 Å². The summed E-state index contributed by atoms with van der Waals surface area (Å²) >= 11 is 0. The molecule has 1 aromatic heterocycles. The first kappa shape index (κ1) is 15.5. The van der Waals surface area contributed by atoms with Crippen LogP contribution < -0.4 is 16.2 Å². The maximum absolute atomic E-state index is 12.5. The summed E-state index contributed by atoms with van der Waals surface area (Å²) in [5, 5.41) is 7.34. The highest BCUT2D eigenvalue weighted by Crippen LogP contribution is 2.31. The van der Waals surface area contributed by atoms with Crippen LogP contribution in [0.3, 0.4) is 0 Å². The summed E-state index contributed by atoms with van der Waals surface area (Å²) in [4.78, 5) is 3.67. The summed E-state index contributed by atoms with van der Waals surface area (Å²) in [6, 6.07) is 1.52. The number of sulfonamides is 1. The Kier molecular flexibility index (Phi) is 4.58. The molecule has 1 aromatic rings. The van der Waals surface area contributed by atoms with Gasteiger partial charge in [0.15, 0.2) is 0 Å². The van der Waals surface area contributed by atoms with Crippen LogP contribution in [-0.2, 0) is 16.2 Å². The van der Waals surface area contributed by atoms with Gasteiger partial charge in [-0.2, -0.15) is 13.2 Å². The maximum Gasteiger partial charge on any atom is 0.416 e. The Hall–Kier alpha value is -1.55. The molecule has 0 atom stereocenters. The zero-order valence-corrected chi connectivity index (χ0v) is 10.6. The van der Waals surface area contributed by atoms with Crippen LogP contribution >= 0.6 is 0 Å². The molecule has 0 amide bonds. The van der Waals surface area contributed by atoms with Gasteiger partial charge in [-0.15, -0.1) is 0 Å². The van der Waals surface area contributed by atoms with Crippen molar-refractivity contribution in [2.24, 2.45) is 5.14 Å². The summed E-state index contributed by atoms with van der Waals surface area (Å²) in [5.41, 5.74) is 4.34. The molecule has 0 unspecified atom stereocenters. The Morgan fingerprint density at radius 2 is 1.95 bits per heavy atom. The van der Waals surface area contributed by atoms with Gasteiger partial charge in [0.05, 0.1) is 11.3 Å². The summed E-state index contributed by atoms with van der Waals surface area (Å²) in [6.07, 6.45) is -4.37. The lowest BCUT2D eigenvalue weighted by Crippen LogP contribution is -2.19. The van der Waals surface area contributed by atoms with Crippen molar-refractivity contribution >= 4 is 21.7 Å². The number of anilines is 2. The molecule has 1 heterocycles. The second-order valence-electron chi connectivity index (χ2n) is 3.81. The first-order chi connectivity index (χ1) is 8.58. The molecular weight excluding hydrogens is 285 g/mol. The first-order valence-corrected chi connectivity index (χ1v) is 6.88. The highest BCUT2D eigenvalue weighted by molar-refractivity contribution is 7.89. The highest BCUT2D eigenvalue weighted by Gasteiger charge is 2.31. The van der Waals surface area contributed by atoms with Crippen LogP contribution in [0.4, 0.5) is 24.8 Å². The normalized spacial score (nSPS) is 12.4. The molecule has 0 saturated carbocycles. The number of primary sulfonamides is 1. The minimum Gasteiger partial charge on any atom is -0.384 e. The van der Waals surface area contributed by atoms with Crippen LogP contribution in [0.15, 0.2) is 12.1 Å². The Morgan fingerprint density at radius 3 is 2.47 bits per heavy atom. The van der Waals surface area contributed by atoms with Gasteiger partial charge < -0.3 is 11.1 Å². The number of halogens is 3. The molecule has 0 fully saturated rings. The highest BCUT2D eigenvalue weighted by atomic mass is 32.2. The van der Waals surface area contributed by atoms with Gasteiger partial charge >= 0.3 is 6.18 Å². The Labute approximate surface area is 108 Å². The van der Waals surface area contributed by atoms with E-state index in [1.54, 1.807) is 0 Å². The Balaban J connectivity index is 2.67. The Bertz CT molecular complexity index is 545. The number of hydrogen-bond acceptors (Lipinski definition) is 5. The van der Waals surface area contributed by atoms with Crippen LogP contribution in [0.25, 0.3) is 0 Å². The quantitative estimate of drug-likeness (QED) is 0.695. The number of alkyl halides is 3. The molecule has 19 heavy (non-hydrogen) atoms. The molecule has 0 aliphatic heterocycles. The minimum atomic E-state index is -4.52. The van der Waals surface area contributed by atoms with E-state index in [2.05, 4.69) is 10.3 Å². The smallest absolute Gasteiger partial charge is 0.384 e. The van der Waals surface area contributed by atoms with Crippen LogP contribution in [0.5, 0.6) is 0 Å². The van der Waals surface area contributed by atoms with E-state index in [1.165, 1.54) is 0 Å². The zero-order chi connectivity index (χ0) is 14.7. The summed E-state index contributed by atoms with van der Waals surface area (Å²) < 4.78 is 58.8. The molecule has 5 N–H and O–H groups in total. The number of nitrogen functional groups attached to an aromatic ring is 1. The van der Waals surface area contributed by atoms with E-state index in [0.717, 1.165) is 12.1 Å². The van der Waals surface area contributed by atoms with Crippen molar-refractivity contribution in [2.75, 3.05) is 23.3 Å². The van der Waals surface area contributed by atoms with E-state index in [4.69, 9.17) is 10.9 Å². The van der Waals surface area contributed by atoms with Crippen LogP contribution in [-0.4, -0.2) is 25.7 Å². The van der Waals surface area contributed by atoms with Gasteiger partial charge in [0.25, 0.3) is 0 Å². The third-order valence-corrected chi connectivity index (χ3v) is 2.94. The van der Waals surface area contributed by atoms with E-state index < -0.39 is 21.8 Å². The zero-order valence-electron chi connectivity index (χ0n) is 9.74. The number of nitrogens with two attached hydrogens (primary N) is 2. The van der Waals surface area contributed by atoms with Gasteiger partial charge in [0.2, 0.25) is 10.0 Å². The first-order valence-electron chi connectivity index (χ1n) is 5.17. The second-order valence-corrected chi connectivity index (χ2v) is 5.54. The van der Waals surface area contributed by atoms with E-state index in [1.807, 2.05) is 0 Å². The fourth-order valence-corrected chi connectivity index (χ4v) is 1.84. The molecule has 0 aliphatic rings. The molecule has 0 aliphatic carbocycles. The summed E-state index contributed by atoms with van der Waals surface area (Å²) in [7, 11) is -3.58. The van der Waals surface area contributed by atoms with E-state index in [-0.39, 0.29) is 30.4 Å². The maximum atomic E-state index is 12.5.